The van der Waals surface area contributed by atoms with Crippen molar-refractivity contribution < 1.29 is 0 Å². The molecule has 1 N–H and O–H groups in total. The molecule has 4 heteroatoms. The first-order valence-electron chi connectivity index (χ1n) is 7.81. The summed E-state index contributed by atoms with van der Waals surface area (Å²) in [5.74, 6) is 0. The molecule has 0 amide bonds. The van der Waals surface area contributed by atoms with E-state index in [2.05, 4.69) is 22.5 Å². The molecule has 1 aromatic rings. The highest BCUT2D eigenvalue weighted by atomic mass is 32.1. The maximum absolute atomic E-state index is 4.84. The molecule has 3 nitrogen and oxygen atoms in total. The minimum absolute atomic E-state index is 0.731. The zero-order chi connectivity index (χ0) is 13.1. The molecule has 3 rings (SSSR count). The molecule has 0 unspecified atom stereocenters. The van der Waals surface area contributed by atoms with E-state index in [0.29, 0.717) is 0 Å². The van der Waals surface area contributed by atoms with Crippen molar-refractivity contribution in [2.24, 2.45) is 0 Å². The first-order valence-corrected chi connectivity index (χ1v) is 8.69. The van der Waals surface area contributed by atoms with Gasteiger partial charge < -0.3 is 10.2 Å². The number of hydrogen-bond acceptors (Lipinski definition) is 4. The summed E-state index contributed by atoms with van der Waals surface area (Å²) in [6, 6.07) is 1.50. The predicted octanol–water partition coefficient (Wildman–Crippen LogP) is 3.55. The van der Waals surface area contributed by atoms with E-state index in [4.69, 9.17) is 4.98 Å². The van der Waals surface area contributed by atoms with Gasteiger partial charge in [-0.1, -0.05) is 19.3 Å². The van der Waals surface area contributed by atoms with Crippen LogP contribution in [0.4, 0.5) is 5.13 Å². The van der Waals surface area contributed by atoms with Gasteiger partial charge in [0, 0.05) is 30.6 Å². The Morgan fingerprint density at radius 3 is 2.74 bits per heavy atom. The second-order valence-corrected chi connectivity index (χ2v) is 6.69. The van der Waals surface area contributed by atoms with Crippen LogP contribution in [0.2, 0.25) is 0 Å². The Morgan fingerprint density at radius 1 is 1.26 bits per heavy atom. The first-order chi connectivity index (χ1) is 9.36. The smallest absolute Gasteiger partial charge is 0.185 e. The predicted molar refractivity (Wildman–Crippen MR) is 81.9 cm³/mol. The van der Waals surface area contributed by atoms with Crippen LogP contribution in [0, 0.1) is 0 Å². The lowest BCUT2D eigenvalue weighted by Crippen LogP contribution is -2.36. The Hall–Kier alpha value is -0.610. The zero-order valence-corrected chi connectivity index (χ0v) is 12.7. The fourth-order valence-corrected chi connectivity index (χ4v) is 3.95. The van der Waals surface area contributed by atoms with Crippen LogP contribution in [0.15, 0.2) is 5.38 Å². The molecule has 0 saturated heterocycles. The molecule has 0 bridgehead atoms. The van der Waals surface area contributed by atoms with Gasteiger partial charge in [0.05, 0.1) is 5.69 Å². The van der Waals surface area contributed by atoms with Crippen LogP contribution in [0.25, 0.3) is 0 Å². The van der Waals surface area contributed by atoms with Crippen molar-refractivity contribution in [2.75, 3.05) is 11.4 Å². The molecule has 19 heavy (non-hydrogen) atoms. The topological polar surface area (TPSA) is 28.2 Å². The summed E-state index contributed by atoms with van der Waals surface area (Å²) in [5, 5.41) is 7.02. The molecule has 2 fully saturated rings. The summed E-state index contributed by atoms with van der Waals surface area (Å²) < 4.78 is 0. The van der Waals surface area contributed by atoms with E-state index in [1.807, 2.05) is 11.3 Å². The van der Waals surface area contributed by atoms with Gasteiger partial charge >= 0.3 is 0 Å². The Labute approximate surface area is 120 Å². The molecule has 0 radical (unpaired) electrons. The zero-order valence-electron chi connectivity index (χ0n) is 11.9. The number of anilines is 1. The van der Waals surface area contributed by atoms with Crippen molar-refractivity contribution in [1.82, 2.24) is 10.3 Å². The normalized spacial score (nSPS) is 20.7. The summed E-state index contributed by atoms with van der Waals surface area (Å²) in [6.45, 7) is 4.30. The number of nitrogens with zero attached hydrogens (tertiary/aromatic N) is 2. The third-order valence-corrected chi connectivity index (χ3v) is 5.22. The second-order valence-electron chi connectivity index (χ2n) is 5.85. The number of hydrogen-bond donors (Lipinski definition) is 1. The van der Waals surface area contributed by atoms with Crippen LogP contribution < -0.4 is 10.2 Å². The van der Waals surface area contributed by atoms with Crippen molar-refractivity contribution >= 4 is 16.5 Å². The Bertz CT molecular complexity index is 394. The van der Waals surface area contributed by atoms with Crippen LogP contribution in [0.1, 0.15) is 57.6 Å². The summed E-state index contributed by atoms with van der Waals surface area (Å²) in [5.41, 5.74) is 1.22. The van der Waals surface area contributed by atoms with Crippen LogP contribution in [0.3, 0.4) is 0 Å². The van der Waals surface area contributed by atoms with E-state index in [9.17, 15) is 0 Å². The fourth-order valence-electron chi connectivity index (χ4n) is 2.99. The van der Waals surface area contributed by atoms with Gasteiger partial charge in [-0.05, 0) is 32.6 Å². The Kier molecular flexibility index (Phi) is 4.38. The van der Waals surface area contributed by atoms with Gasteiger partial charge in [-0.2, -0.15) is 0 Å². The van der Waals surface area contributed by atoms with Gasteiger partial charge in [-0.25, -0.2) is 4.98 Å². The van der Waals surface area contributed by atoms with Gasteiger partial charge in [0.25, 0.3) is 0 Å². The molecule has 0 aliphatic heterocycles. The van der Waals surface area contributed by atoms with Gasteiger partial charge in [0.2, 0.25) is 0 Å². The lowest BCUT2D eigenvalue weighted by molar-refractivity contribution is 0.417. The molecule has 0 aromatic carbocycles. The van der Waals surface area contributed by atoms with Crippen molar-refractivity contribution in [3.05, 3.63) is 11.1 Å². The average molecular weight is 279 g/mol. The standard InChI is InChI=1S/C15H25N3S/c1-2-18(14-6-4-3-5-7-14)15-17-13(11-19-15)10-16-12-8-9-12/h11-12,14,16H,2-10H2,1H3. The van der Waals surface area contributed by atoms with Crippen molar-refractivity contribution in [3.8, 4) is 0 Å². The molecular formula is C15H25N3S. The van der Waals surface area contributed by atoms with Gasteiger partial charge in [0.1, 0.15) is 0 Å². The fraction of sp³-hybridized carbons (Fsp3) is 0.800. The first kappa shape index (κ1) is 13.4. The van der Waals surface area contributed by atoms with Crippen LogP contribution in [0.5, 0.6) is 0 Å². The van der Waals surface area contributed by atoms with E-state index >= 15 is 0 Å². The molecule has 2 aliphatic rings. The van der Waals surface area contributed by atoms with E-state index in [1.54, 1.807) is 0 Å². The minimum Gasteiger partial charge on any atom is -0.345 e. The van der Waals surface area contributed by atoms with Crippen LogP contribution in [-0.2, 0) is 6.54 Å². The van der Waals surface area contributed by atoms with Crippen LogP contribution >= 0.6 is 11.3 Å². The molecule has 1 aromatic heterocycles. The van der Waals surface area contributed by atoms with Crippen molar-refractivity contribution in [3.63, 3.8) is 0 Å². The van der Waals surface area contributed by atoms with Crippen molar-refractivity contribution in [1.29, 1.82) is 0 Å². The third-order valence-electron chi connectivity index (χ3n) is 4.29. The third kappa shape index (κ3) is 3.48. The number of rotatable bonds is 6. The van der Waals surface area contributed by atoms with Gasteiger partial charge in [0.15, 0.2) is 5.13 Å². The molecule has 106 valence electrons. The van der Waals surface area contributed by atoms with E-state index < -0.39 is 0 Å². The summed E-state index contributed by atoms with van der Waals surface area (Å²) in [6.07, 6.45) is 9.60. The molecule has 1 heterocycles. The quantitative estimate of drug-likeness (QED) is 0.863. The maximum Gasteiger partial charge on any atom is 0.185 e. The van der Waals surface area contributed by atoms with Gasteiger partial charge in [-0.15, -0.1) is 11.3 Å². The van der Waals surface area contributed by atoms with E-state index in [1.165, 1.54) is 55.8 Å². The molecule has 0 atom stereocenters. The van der Waals surface area contributed by atoms with Gasteiger partial charge in [-0.3, -0.25) is 0 Å². The lowest BCUT2D eigenvalue weighted by atomic mass is 9.94. The highest BCUT2D eigenvalue weighted by Gasteiger charge is 2.23. The highest BCUT2D eigenvalue weighted by Crippen LogP contribution is 2.29. The maximum atomic E-state index is 4.84. The number of nitrogens with one attached hydrogen (secondary N) is 1. The number of aromatic nitrogens is 1. The largest absolute Gasteiger partial charge is 0.345 e. The Balaban J connectivity index is 1.61. The monoisotopic (exact) mass is 279 g/mol. The summed E-state index contributed by atoms with van der Waals surface area (Å²) in [4.78, 5) is 7.37. The minimum atomic E-state index is 0.731. The summed E-state index contributed by atoms with van der Waals surface area (Å²) >= 11 is 1.82. The molecule has 2 saturated carbocycles. The highest BCUT2D eigenvalue weighted by molar-refractivity contribution is 7.13. The SMILES string of the molecule is CCN(c1nc(CNC2CC2)cs1)C1CCCCC1. The van der Waals surface area contributed by atoms with Crippen molar-refractivity contribution in [2.45, 2.75) is 70.5 Å². The Morgan fingerprint density at radius 2 is 2.05 bits per heavy atom. The van der Waals surface area contributed by atoms with E-state index in [0.717, 1.165) is 25.2 Å². The number of thiazole rings is 1. The lowest BCUT2D eigenvalue weighted by Gasteiger charge is -2.33. The molecule has 0 spiro atoms. The average Bonchev–Trinajstić information content (AvgIpc) is 3.17. The second kappa shape index (κ2) is 6.23. The van der Waals surface area contributed by atoms with E-state index in [-0.39, 0.29) is 0 Å². The summed E-state index contributed by atoms with van der Waals surface area (Å²) in [7, 11) is 0. The molecular weight excluding hydrogens is 254 g/mol. The van der Waals surface area contributed by atoms with Crippen LogP contribution in [-0.4, -0.2) is 23.6 Å². The molecule has 2 aliphatic carbocycles.